The summed E-state index contributed by atoms with van der Waals surface area (Å²) < 4.78 is 18.4. The van der Waals surface area contributed by atoms with Gasteiger partial charge in [-0.25, -0.2) is 9.37 Å². The summed E-state index contributed by atoms with van der Waals surface area (Å²) in [5.41, 5.74) is 2.23. The summed E-state index contributed by atoms with van der Waals surface area (Å²) in [6.45, 7) is 0.486. The van der Waals surface area contributed by atoms with E-state index >= 15 is 0 Å². The summed E-state index contributed by atoms with van der Waals surface area (Å²) in [6.07, 6.45) is 0.564. The van der Waals surface area contributed by atoms with Gasteiger partial charge in [-0.2, -0.15) is 4.37 Å². The van der Waals surface area contributed by atoms with E-state index in [1.54, 1.807) is 12.1 Å². The van der Waals surface area contributed by atoms with Crippen molar-refractivity contribution in [2.45, 2.75) is 13.0 Å². The molecule has 1 heterocycles. The lowest BCUT2D eigenvalue weighted by Crippen LogP contribution is -2.33. The first-order valence-corrected chi connectivity index (χ1v) is 11.1. The van der Waals surface area contributed by atoms with Gasteiger partial charge in [-0.05, 0) is 35.4 Å². The van der Waals surface area contributed by atoms with E-state index in [2.05, 4.69) is 14.7 Å². The largest absolute Gasteiger partial charge is 0.333 e. The van der Waals surface area contributed by atoms with Gasteiger partial charge in [0, 0.05) is 29.5 Å². The van der Waals surface area contributed by atoms with Gasteiger partial charge in [0.05, 0.1) is 12.2 Å². The second-order valence-electron chi connectivity index (χ2n) is 7.17. The van der Waals surface area contributed by atoms with Crippen molar-refractivity contribution < 1.29 is 9.18 Å². The number of carbonyl (C=O) groups is 1. The summed E-state index contributed by atoms with van der Waals surface area (Å²) in [7, 11) is 0. The number of aromatic nitrogens is 2. The number of benzene rings is 3. The van der Waals surface area contributed by atoms with Crippen LogP contribution in [0.2, 0.25) is 5.02 Å². The average Bonchev–Trinajstić information content (AvgIpc) is 3.26. The van der Waals surface area contributed by atoms with Crippen molar-refractivity contribution in [2.24, 2.45) is 0 Å². The molecule has 1 aromatic heterocycles. The Morgan fingerprint density at radius 2 is 1.69 bits per heavy atom. The van der Waals surface area contributed by atoms with Crippen LogP contribution < -0.4 is 10.2 Å². The van der Waals surface area contributed by atoms with Gasteiger partial charge in [0.15, 0.2) is 0 Å². The highest BCUT2D eigenvalue weighted by Crippen LogP contribution is 2.22. The quantitative estimate of drug-likeness (QED) is 0.369. The van der Waals surface area contributed by atoms with Gasteiger partial charge in [-0.15, -0.1) is 0 Å². The lowest BCUT2D eigenvalue weighted by atomic mass is 10.1. The predicted molar refractivity (Wildman–Crippen MR) is 127 cm³/mol. The molecule has 1 N–H and O–H groups in total. The number of rotatable bonds is 8. The highest BCUT2D eigenvalue weighted by Gasteiger charge is 2.18. The molecule has 0 atom stereocenters. The summed E-state index contributed by atoms with van der Waals surface area (Å²) in [5, 5.41) is 3.94. The number of nitrogens with one attached hydrogen (secondary N) is 1. The number of halogens is 2. The standard InChI is InChI=1S/C24H20ClFN4OS/c25-19-12-10-17(11-13-19)14-22-28-24(32-29-22)30(15-18-6-2-1-3-7-18)16-23(31)27-21-9-5-4-8-20(21)26/h1-13H,14-16H2,(H,27,31). The average molecular weight is 467 g/mol. The Labute approximate surface area is 194 Å². The SMILES string of the molecule is O=C(CN(Cc1ccccc1)c1nc(Cc2ccc(Cl)cc2)ns1)Nc1ccccc1F. The molecular formula is C24H20ClFN4OS. The fraction of sp³-hybridized carbons (Fsp3) is 0.125. The molecule has 162 valence electrons. The van der Waals surface area contributed by atoms with E-state index < -0.39 is 5.82 Å². The maximum absolute atomic E-state index is 13.9. The monoisotopic (exact) mass is 466 g/mol. The molecule has 5 nitrogen and oxygen atoms in total. The maximum Gasteiger partial charge on any atom is 0.244 e. The molecule has 0 saturated carbocycles. The van der Waals surface area contributed by atoms with Crippen LogP contribution >= 0.6 is 23.1 Å². The van der Waals surface area contributed by atoms with Crippen molar-refractivity contribution in [1.82, 2.24) is 9.36 Å². The fourth-order valence-corrected chi connectivity index (χ4v) is 3.96. The Bertz CT molecular complexity index is 1180. The molecule has 3 aromatic carbocycles. The van der Waals surface area contributed by atoms with E-state index in [1.165, 1.54) is 23.7 Å². The minimum absolute atomic E-state index is 0.0127. The number of anilines is 2. The number of carbonyl (C=O) groups excluding carboxylic acids is 1. The van der Waals surface area contributed by atoms with Crippen molar-refractivity contribution in [3.8, 4) is 0 Å². The number of amides is 1. The van der Waals surface area contributed by atoms with Crippen LogP contribution in [-0.2, 0) is 17.8 Å². The summed E-state index contributed by atoms with van der Waals surface area (Å²) in [5.74, 6) is -0.142. The van der Waals surface area contributed by atoms with Crippen molar-refractivity contribution in [1.29, 1.82) is 0 Å². The van der Waals surface area contributed by atoms with Crippen LogP contribution in [0.25, 0.3) is 0 Å². The van der Waals surface area contributed by atoms with Gasteiger partial charge >= 0.3 is 0 Å². The third-order valence-corrected chi connectivity index (χ3v) is 5.77. The first-order chi connectivity index (χ1) is 15.6. The number of nitrogens with zero attached hydrogens (tertiary/aromatic N) is 3. The van der Waals surface area contributed by atoms with Crippen molar-refractivity contribution in [3.05, 3.63) is 107 Å². The minimum atomic E-state index is -0.475. The van der Waals surface area contributed by atoms with Crippen LogP contribution in [0.4, 0.5) is 15.2 Å². The molecule has 0 aliphatic carbocycles. The van der Waals surface area contributed by atoms with Crippen LogP contribution in [-0.4, -0.2) is 21.8 Å². The maximum atomic E-state index is 13.9. The van der Waals surface area contributed by atoms with Crippen molar-refractivity contribution >= 4 is 39.9 Å². The Morgan fingerprint density at radius 1 is 0.969 bits per heavy atom. The molecule has 0 spiro atoms. The van der Waals surface area contributed by atoms with Gasteiger partial charge < -0.3 is 10.2 Å². The lowest BCUT2D eigenvalue weighted by molar-refractivity contribution is -0.115. The summed E-state index contributed by atoms with van der Waals surface area (Å²) in [4.78, 5) is 19.2. The van der Waals surface area contributed by atoms with Gasteiger partial charge in [0.1, 0.15) is 11.6 Å². The minimum Gasteiger partial charge on any atom is -0.333 e. The third kappa shape index (κ3) is 5.90. The molecule has 4 rings (SSSR count). The molecular weight excluding hydrogens is 447 g/mol. The lowest BCUT2D eigenvalue weighted by Gasteiger charge is -2.21. The molecule has 32 heavy (non-hydrogen) atoms. The van der Waals surface area contributed by atoms with Gasteiger partial charge in [0.2, 0.25) is 11.0 Å². The number of para-hydroxylation sites is 1. The Balaban J connectivity index is 1.51. The van der Waals surface area contributed by atoms with Crippen LogP contribution in [0.15, 0.2) is 78.9 Å². The van der Waals surface area contributed by atoms with Crippen molar-refractivity contribution in [3.63, 3.8) is 0 Å². The molecule has 8 heteroatoms. The van der Waals surface area contributed by atoms with Crippen molar-refractivity contribution in [2.75, 3.05) is 16.8 Å². The van der Waals surface area contributed by atoms with Gasteiger partial charge in [0.25, 0.3) is 0 Å². The third-order valence-electron chi connectivity index (χ3n) is 4.70. The Morgan fingerprint density at radius 3 is 2.44 bits per heavy atom. The molecule has 0 aliphatic heterocycles. The molecule has 0 saturated heterocycles. The van der Waals surface area contributed by atoms with E-state index in [-0.39, 0.29) is 18.1 Å². The smallest absolute Gasteiger partial charge is 0.244 e. The second kappa shape index (κ2) is 10.3. The molecule has 0 bridgehead atoms. The van der Waals surface area contributed by atoms with E-state index in [0.29, 0.717) is 28.9 Å². The van der Waals surface area contributed by atoms with E-state index in [1.807, 2.05) is 59.5 Å². The van der Waals surface area contributed by atoms with E-state index in [9.17, 15) is 9.18 Å². The first kappa shape index (κ1) is 21.9. The van der Waals surface area contributed by atoms with Gasteiger partial charge in [-0.3, -0.25) is 4.79 Å². The summed E-state index contributed by atoms with van der Waals surface area (Å²) in [6, 6.07) is 23.4. The first-order valence-electron chi connectivity index (χ1n) is 9.97. The van der Waals surface area contributed by atoms with Crippen LogP contribution in [0.1, 0.15) is 17.0 Å². The summed E-state index contributed by atoms with van der Waals surface area (Å²) >= 11 is 7.19. The van der Waals surface area contributed by atoms with E-state index in [0.717, 1.165) is 11.1 Å². The molecule has 1 amide bonds. The highest BCUT2D eigenvalue weighted by atomic mass is 35.5. The van der Waals surface area contributed by atoms with Crippen LogP contribution in [0, 0.1) is 5.82 Å². The normalized spacial score (nSPS) is 10.7. The van der Waals surface area contributed by atoms with Crippen LogP contribution in [0.3, 0.4) is 0 Å². The zero-order valence-electron chi connectivity index (χ0n) is 17.0. The number of hydrogen-bond acceptors (Lipinski definition) is 5. The molecule has 0 aliphatic rings. The molecule has 0 unspecified atom stereocenters. The Hall–Kier alpha value is -3.29. The molecule has 0 fully saturated rings. The highest BCUT2D eigenvalue weighted by molar-refractivity contribution is 7.09. The van der Waals surface area contributed by atoms with Crippen LogP contribution in [0.5, 0.6) is 0 Å². The number of hydrogen-bond donors (Lipinski definition) is 1. The zero-order valence-corrected chi connectivity index (χ0v) is 18.6. The molecule has 0 radical (unpaired) electrons. The second-order valence-corrected chi connectivity index (χ2v) is 8.33. The fourth-order valence-electron chi connectivity index (χ4n) is 3.15. The zero-order chi connectivity index (χ0) is 22.3. The van der Waals surface area contributed by atoms with E-state index in [4.69, 9.17) is 11.6 Å². The topological polar surface area (TPSA) is 58.1 Å². The molecule has 4 aromatic rings. The Kier molecular flexibility index (Phi) is 7.09. The predicted octanol–water partition coefficient (Wildman–Crippen LogP) is 5.57. The van der Waals surface area contributed by atoms with Gasteiger partial charge in [-0.1, -0.05) is 66.2 Å².